The van der Waals surface area contributed by atoms with Crippen LogP contribution in [0.15, 0.2) is 18.5 Å². The largest absolute Gasteiger partial charge is 0.449 e. The van der Waals surface area contributed by atoms with Crippen molar-refractivity contribution in [3.05, 3.63) is 18.5 Å². The normalized spacial score (nSPS) is 12.8. The van der Waals surface area contributed by atoms with E-state index in [4.69, 9.17) is 39.5 Å². The molecule has 1 atom stereocenters. The van der Waals surface area contributed by atoms with Crippen LogP contribution in [0.1, 0.15) is 20.3 Å². The summed E-state index contributed by atoms with van der Waals surface area (Å²) in [7, 11) is 0. The lowest BCUT2D eigenvalue weighted by Crippen LogP contribution is -2.49. The minimum absolute atomic E-state index is 0.213. The van der Waals surface area contributed by atoms with Crippen LogP contribution >= 0.6 is 34.8 Å². The number of alkyl carbamates (subject to hydrolysis) is 1. The number of aromatic nitrogens is 2. The fourth-order valence-electron chi connectivity index (χ4n) is 1.49. The van der Waals surface area contributed by atoms with Crippen molar-refractivity contribution in [2.24, 2.45) is 0 Å². The molecule has 3 N–H and O–H groups in total. The predicted octanol–water partition coefficient (Wildman–Crippen LogP) is 2.70. The molecule has 1 heterocycles. The van der Waals surface area contributed by atoms with Gasteiger partial charge in [0.15, 0.2) is 6.17 Å². The van der Waals surface area contributed by atoms with Crippen molar-refractivity contribution in [1.29, 1.82) is 0 Å². The van der Waals surface area contributed by atoms with Gasteiger partial charge in [0.05, 0.1) is 6.61 Å². The van der Waals surface area contributed by atoms with E-state index in [1.807, 2.05) is 13.8 Å². The van der Waals surface area contributed by atoms with E-state index in [1.165, 1.54) is 12.4 Å². The molecule has 0 aromatic carbocycles. The first-order valence-corrected chi connectivity index (χ1v) is 8.19. The highest BCUT2D eigenvalue weighted by atomic mass is 35.6. The molecule has 0 aliphatic carbocycles. The van der Waals surface area contributed by atoms with Crippen molar-refractivity contribution in [2.45, 2.75) is 36.3 Å². The fourth-order valence-corrected chi connectivity index (χ4v) is 1.82. The van der Waals surface area contributed by atoms with Crippen LogP contribution in [-0.4, -0.2) is 45.2 Å². The maximum atomic E-state index is 11.8. The van der Waals surface area contributed by atoms with Crippen LogP contribution < -0.4 is 16.0 Å². The number of halogens is 3. The van der Waals surface area contributed by atoms with Gasteiger partial charge in [-0.15, -0.1) is 0 Å². The third-order valence-electron chi connectivity index (χ3n) is 2.54. The maximum Gasteiger partial charge on any atom is 0.408 e. The lowest BCUT2D eigenvalue weighted by atomic mass is 10.3. The third-order valence-corrected chi connectivity index (χ3v) is 3.19. The van der Waals surface area contributed by atoms with Gasteiger partial charge in [0.2, 0.25) is 9.74 Å². The summed E-state index contributed by atoms with van der Waals surface area (Å²) >= 11 is 17.5. The van der Waals surface area contributed by atoms with Gasteiger partial charge in [-0.2, -0.15) is 0 Å². The summed E-state index contributed by atoms with van der Waals surface area (Å²) in [5, 5.41) is 8.37. The lowest BCUT2D eigenvalue weighted by molar-refractivity contribution is 0.141. The van der Waals surface area contributed by atoms with E-state index in [2.05, 4.69) is 25.9 Å². The Hall–Kier alpha value is -1.02. The molecule has 1 rings (SSSR count). The molecule has 1 aromatic rings. The zero-order chi connectivity index (χ0) is 17.3. The Morgan fingerprint density at radius 3 is 2.52 bits per heavy atom. The van der Waals surface area contributed by atoms with Gasteiger partial charge >= 0.3 is 6.09 Å². The number of carbonyl (C=O) groups is 1. The van der Waals surface area contributed by atoms with E-state index in [9.17, 15) is 4.79 Å². The molecule has 0 saturated heterocycles. The SMILES string of the molecule is CC(C)NCCCOC(=O)NC(Nc1ncccn1)C(Cl)(Cl)Cl. The zero-order valence-electron chi connectivity index (χ0n) is 12.9. The Kier molecular flexibility index (Phi) is 8.68. The highest BCUT2D eigenvalue weighted by molar-refractivity contribution is 6.68. The fraction of sp³-hybridized carbons (Fsp3) is 0.615. The maximum absolute atomic E-state index is 11.8. The molecule has 7 nitrogen and oxygen atoms in total. The van der Waals surface area contributed by atoms with Gasteiger partial charge in [0, 0.05) is 18.4 Å². The molecule has 0 saturated carbocycles. The molecule has 1 aromatic heterocycles. The van der Waals surface area contributed by atoms with Gasteiger partial charge in [-0.25, -0.2) is 14.8 Å². The highest BCUT2D eigenvalue weighted by Gasteiger charge is 2.35. The summed E-state index contributed by atoms with van der Waals surface area (Å²) in [4.78, 5) is 19.7. The van der Waals surface area contributed by atoms with E-state index in [0.717, 1.165) is 6.54 Å². The molecule has 0 aliphatic heterocycles. The molecule has 0 radical (unpaired) electrons. The van der Waals surface area contributed by atoms with E-state index in [1.54, 1.807) is 6.07 Å². The molecule has 0 spiro atoms. The Bertz CT molecular complexity index is 470. The van der Waals surface area contributed by atoms with Gasteiger partial charge < -0.3 is 15.4 Å². The van der Waals surface area contributed by atoms with Crippen LogP contribution in [0.2, 0.25) is 0 Å². The number of nitrogens with zero attached hydrogens (tertiary/aromatic N) is 2. The molecule has 10 heteroatoms. The summed E-state index contributed by atoms with van der Waals surface area (Å²) in [6, 6.07) is 2.02. The molecule has 0 bridgehead atoms. The minimum Gasteiger partial charge on any atom is -0.449 e. The minimum atomic E-state index is -1.81. The standard InChI is InChI=1S/C13H20Cl3N5O2/c1-9(2)17-7-4-8-23-12(22)21-10(13(14,15)16)20-11-18-5-3-6-19-11/h3,5-6,9-10,17H,4,7-8H2,1-2H3,(H,21,22)(H,18,19,20). The van der Waals surface area contributed by atoms with E-state index < -0.39 is 16.1 Å². The van der Waals surface area contributed by atoms with Crippen molar-refractivity contribution >= 4 is 46.8 Å². The first-order valence-electron chi connectivity index (χ1n) is 7.06. The van der Waals surface area contributed by atoms with E-state index in [-0.39, 0.29) is 12.6 Å². The van der Waals surface area contributed by atoms with Crippen molar-refractivity contribution < 1.29 is 9.53 Å². The summed E-state index contributed by atoms with van der Waals surface area (Å²) < 4.78 is 3.23. The van der Waals surface area contributed by atoms with Gasteiger partial charge in [0.1, 0.15) is 0 Å². The van der Waals surface area contributed by atoms with E-state index in [0.29, 0.717) is 12.5 Å². The van der Waals surface area contributed by atoms with E-state index >= 15 is 0 Å². The molecule has 0 aliphatic rings. The van der Waals surface area contributed by atoms with Crippen LogP contribution in [0.4, 0.5) is 10.7 Å². The van der Waals surface area contributed by atoms with Crippen LogP contribution in [0, 0.1) is 0 Å². The van der Waals surface area contributed by atoms with Crippen LogP contribution in [-0.2, 0) is 4.74 Å². The zero-order valence-corrected chi connectivity index (χ0v) is 15.1. The second kappa shape index (κ2) is 9.97. The molecule has 0 fully saturated rings. The number of amides is 1. The Morgan fingerprint density at radius 1 is 1.30 bits per heavy atom. The third kappa shape index (κ3) is 9.00. The summed E-state index contributed by atoms with van der Waals surface area (Å²) in [6.45, 7) is 5.07. The van der Waals surface area contributed by atoms with Gasteiger partial charge in [0.25, 0.3) is 0 Å². The Balaban J connectivity index is 2.43. The number of carbonyl (C=O) groups excluding carboxylic acids is 1. The predicted molar refractivity (Wildman–Crippen MR) is 92.0 cm³/mol. The summed E-state index contributed by atoms with van der Waals surface area (Å²) in [6.07, 6.45) is 1.97. The highest BCUT2D eigenvalue weighted by Crippen LogP contribution is 2.30. The first kappa shape index (κ1) is 20.0. The van der Waals surface area contributed by atoms with Crippen LogP contribution in [0.5, 0.6) is 0 Å². The Morgan fingerprint density at radius 2 is 1.96 bits per heavy atom. The number of rotatable bonds is 8. The number of hydrogen-bond donors (Lipinski definition) is 3. The average Bonchev–Trinajstić information content (AvgIpc) is 2.46. The molecular weight excluding hydrogens is 365 g/mol. The van der Waals surface area contributed by atoms with Crippen LogP contribution in [0.3, 0.4) is 0 Å². The number of ether oxygens (including phenoxy) is 1. The van der Waals surface area contributed by atoms with Gasteiger partial charge in [-0.1, -0.05) is 48.7 Å². The molecule has 1 amide bonds. The number of alkyl halides is 3. The number of anilines is 1. The van der Waals surface area contributed by atoms with Crippen molar-refractivity contribution in [3.63, 3.8) is 0 Å². The quantitative estimate of drug-likeness (QED) is 0.363. The second-order valence-electron chi connectivity index (χ2n) is 4.93. The molecule has 23 heavy (non-hydrogen) atoms. The number of hydrogen-bond acceptors (Lipinski definition) is 6. The Labute approximate surface area is 150 Å². The molecular formula is C13H20Cl3N5O2. The van der Waals surface area contributed by atoms with Crippen molar-refractivity contribution in [1.82, 2.24) is 20.6 Å². The average molecular weight is 385 g/mol. The van der Waals surface area contributed by atoms with Crippen molar-refractivity contribution in [3.8, 4) is 0 Å². The summed E-state index contributed by atoms with van der Waals surface area (Å²) in [5.74, 6) is 0.213. The first-order chi connectivity index (χ1) is 10.8. The van der Waals surface area contributed by atoms with Crippen LogP contribution in [0.25, 0.3) is 0 Å². The van der Waals surface area contributed by atoms with Gasteiger partial charge in [-0.05, 0) is 19.0 Å². The summed E-state index contributed by atoms with van der Waals surface area (Å²) in [5.41, 5.74) is 0. The smallest absolute Gasteiger partial charge is 0.408 e. The number of nitrogens with one attached hydrogen (secondary N) is 3. The monoisotopic (exact) mass is 383 g/mol. The molecule has 130 valence electrons. The lowest BCUT2D eigenvalue weighted by Gasteiger charge is -2.25. The van der Waals surface area contributed by atoms with Gasteiger partial charge in [-0.3, -0.25) is 5.32 Å². The van der Waals surface area contributed by atoms with Crippen molar-refractivity contribution in [2.75, 3.05) is 18.5 Å². The second-order valence-corrected chi connectivity index (χ2v) is 7.30. The molecule has 1 unspecified atom stereocenters. The topological polar surface area (TPSA) is 88.2 Å².